The summed E-state index contributed by atoms with van der Waals surface area (Å²) in [5.74, 6) is 0.326. The van der Waals surface area contributed by atoms with Gasteiger partial charge >= 0.3 is 0 Å². The molecule has 0 aliphatic carbocycles. The van der Waals surface area contributed by atoms with E-state index in [1.165, 1.54) is 6.07 Å². The Kier molecular flexibility index (Phi) is 6.96. The van der Waals surface area contributed by atoms with Crippen LogP contribution in [0.25, 0.3) is 5.57 Å². The third kappa shape index (κ3) is 4.28. The van der Waals surface area contributed by atoms with Gasteiger partial charge in [0.25, 0.3) is 5.91 Å². The maximum absolute atomic E-state index is 14.9. The van der Waals surface area contributed by atoms with E-state index in [-0.39, 0.29) is 11.7 Å². The van der Waals surface area contributed by atoms with Gasteiger partial charge in [-0.3, -0.25) is 4.79 Å². The van der Waals surface area contributed by atoms with E-state index in [4.69, 9.17) is 4.74 Å². The third-order valence-electron chi connectivity index (χ3n) is 5.81. The van der Waals surface area contributed by atoms with E-state index in [0.29, 0.717) is 30.0 Å². The highest BCUT2D eigenvalue weighted by Gasteiger charge is 2.35. The Morgan fingerprint density at radius 2 is 1.60 bits per heavy atom. The lowest BCUT2D eigenvalue weighted by Gasteiger charge is -2.37. The second kappa shape index (κ2) is 9.46. The summed E-state index contributed by atoms with van der Waals surface area (Å²) >= 11 is 0. The molecule has 0 aromatic heterocycles. The van der Waals surface area contributed by atoms with Crippen molar-refractivity contribution in [2.75, 3.05) is 13.1 Å². The van der Waals surface area contributed by atoms with E-state index in [0.717, 1.165) is 36.8 Å². The molecule has 30 heavy (non-hydrogen) atoms. The van der Waals surface area contributed by atoms with Crippen molar-refractivity contribution in [1.29, 1.82) is 0 Å². The summed E-state index contributed by atoms with van der Waals surface area (Å²) in [4.78, 5) is 14.4. The zero-order valence-electron chi connectivity index (χ0n) is 18.5. The standard InChI is InChI=1S/C26H32FNO2/c1-5-16-26(17-6-2)18-21(24-22(27)10-9-11-23(24)30-26)19-12-14-20(15-13-19)25(29)28(7-3)8-4/h9-15,18H,5-8,16-17H2,1-4H3. The molecule has 2 aromatic rings. The normalized spacial score (nSPS) is 14.5. The van der Waals surface area contributed by atoms with Crippen LogP contribution in [0.2, 0.25) is 0 Å². The number of carbonyl (C=O) groups is 1. The van der Waals surface area contributed by atoms with Crippen LogP contribution < -0.4 is 4.74 Å². The Morgan fingerprint density at radius 3 is 2.17 bits per heavy atom. The molecule has 0 saturated heterocycles. The van der Waals surface area contributed by atoms with Crippen LogP contribution in [-0.4, -0.2) is 29.5 Å². The van der Waals surface area contributed by atoms with Crippen molar-refractivity contribution in [3.8, 4) is 5.75 Å². The first-order chi connectivity index (χ1) is 14.5. The molecule has 160 valence electrons. The molecule has 0 bridgehead atoms. The summed E-state index contributed by atoms with van der Waals surface area (Å²) in [6.45, 7) is 9.59. The summed E-state index contributed by atoms with van der Waals surface area (Å²) in [5, 5.41) is 0. The maximum atomic E-state index is 14.9. The van der Waals surface area contributed by atoms with Crippen LogP contribution in [0.4, 0.5) is 4.39 Å². The first kappa shape index (κ1) is 22.1. The number of hydrogen-bond donors (Lipinski definition) is 0. The van der Waals surface area contributed by atoms with E-state index in [1.807, 2.05) is 44.2 Å². The van der Waals surface area contributed by atoms with Gasteiger partial charge < -0.3 is 9.64 Å². The highest BCUT2D eigenvalue weighted by atomic mass is 19.1. The van der Waals surface area contributed by atoms with Crippen molar-refractivity contribution >= 4 is 11.5 Å². The van der Waals surface area contributed by atoms with Crippen LogP contribution in [0.3, 0.4) is 0 Å². The molecule has 0 unspecified atom stereocenters. The average molecular weight is 410 g/mol. The number of hydrogen-bond acceptors (Lipinski definition) is 2. The summed E-state index contributed by atoms with van der Waals surface area (Å²) in [5.41, 5.74) is 2.46. The zero-order valence-corrected chi connectivity index (χ0v) is 18.5. The molecular weight excluding hydrogens is 377 g/mol. The molecule has 1 amide bonds. The largest absolute Gasteiger partial charge is 0.482 e. The number of carbonyl (C=O) groups excluding carboxylic acids is 1. The van der Waals surface area contributed by atoms with E-state index >= 15 is 0 Å². The summed E-state index contributed by atoms with van der Waals surface area (Å²) in [6, 6.07) is 12.6. The Balaban J connectivity index is 2.07. The zero-order chi connectivity index (χ0) is 21.7. The van der Waals surface area contributed by atoms with Crippen LogP contribution in [0, 0.1) is 5.82 Å². The molecule has 1 aliphatic rings. The molecule has 3 nitrogen and oxygen atoms in total. The first-order valence-electron chi connectivity index (χ1n) is 11.1. The van der Waals surface area contributed by atoms with Crippen molar-refractivity contribution in [2.24, 2.45) is 0 Å². The van der Waals surface area contributed by atoms with Crippen molar-refractivity contribution in [1.82, 2.24) is 4.90 Å². The lowest BCUT2D eigenvalue weighted by molar-refractivity contribution is 0.0773. The maximum Gasteiger partial charge on any atom is 0.253 e. The van der Waals surface area contributed by atoms with E-state index in [1.54, 1.807) is 11.0 Å². The molecule has 0 atom stereocenters. The van der Waals surface area contributed by atoms with Gasteiger partial charge in [-0.2, -0.15) is 0 Å². The van der Waals surface area contributed by atoms with E-state index in [2.05, 4.69) is 19.9 Å². The van der Waals surface area contributed by atoms with Gasteiger partial charge in [-0.15, -0.1) is 0 Å². The van der Waals surface area contributed by atoms with E-state index < -0.39 is 5.60 Å². The van der Waals surface area contributed by atoms with Crippen molar-refractivity contribution in [3.05, 3.63) is 71.0 Å². The summed E-state index contributed by atoms with van der Waals surface area (Å²) < 4.78 is 21.2. The average Bonchev–Trinajstić information content (AvgIpc) is 2.74. The molecular formula is C26H32FNO2. The summed E-state index contributed by atoms with van der Waals surface area (Å²) in [6.07, 6.45) is 5.81. The minimum Gasteiger partial charge on any atom is -0.482 e. The van der Waals surface area contributed by atoms with Gasteiger partial charge in [-0.1, -0.05) is 44.9 Å². The Bertz CT molecular complexity index is 907. The molecule has 2 aromatic carbocycles. The molecule has 1 heterocycles. The van der Waals surface area contributed by atoms with Crippen LogP contribution in [0.1, 0.15) is 74.9 Å². The second-order valence-corrected chi connectivity index (χ2v) is 7.89. The predicted octanol–water partition coefficient (Wildman–Crippen LogP) is 6.47. The number of halogens is 1. The molecule has 0 N–H and O–H groups in total. The Hall–Kier alpha value is -2.62. The highest BCUT2D eigenvalue weighted by molar-refractivity contribution is 5.95. The number of benzene rings is 2. The van der Waals surface area contributed by atoms with Gasteiger partial charge in [-0.25, -0.2) is 4.39 Å². The fraction of sp³-hybridized carbons (Fsp3) is 0.423. The fourth-order valence-corrected chi connectivity index (χ4v) is 4.37. The number of rotatable bonds is 8. The van der Waals surface area contributed by atoms with Gasteiger partial charge in [0.05, 0.1) is 5.56 Å². The van der Waals surface area contributed by atoms with Crippen LogP contribution in [-0.2, 0) is 0 Å². The van der Waals surface area contributed by atoms with Crippen LogP contribution in [0.15, 0.2) is 48.5 Å². The van der Waals surface area contributed by atoms with Crippen LogP contribution in [0.5, 0.6) is 5.75 Å². The smallest absolute Gasteiger partial charge is 0.253 e. The number of ether oxygens (including phenoxy) is 1. The molecule has 3 rings (SSSR count). The number of fused-ring (bicyclic) bond motifs is 1. The molecule has 0 saturated carbocycles. The van der Waals surface area contributed by atoms with Crippen LogP contribution >= 0.6 is 0 Å². The van der Waals surface area contributed by atoms with Gasteiger partial charge in [-0.05, 0) is 68.2 Å². The van der Waals surface area contributed by atoms with Crippen molar-refractivity contribution in [3.63, 3.8) is 0 Å². The molecule has 0 radical (unpaired) electrons. The summed E-state index contributed by atoms with van der Waals surface area (Å²) in [7, 11) is 0. The van der Waals surface area contributed by atoms with Gasteiger partial charge in [0.15, 0.2) is 0 Å². The first-order valence-corrected chi connectivity index (χ1v) is 11.1. The Labute approximate surface area is 179 Å². The topological polar surface area (TPSA) is 29.5 Å². The molecule has 4 heteroatoms. The lowest BCUT2D eigenvalue weighted by atomic mass is 9.83. The number of amides is 1. The highest BCUT2D eigenvalue weighted by Crippen LogP contribution is 2.44. The van der Waals surface area contributed by atoms with Crippen molar-refractivity contribution in [2.45, 2.75) is 59.0 Å². The third-order valence-corrected chi connectivity index (χ3v) is 5.81. The number of nitrogens with zero attached hydrogens (tertiary/aromatic N) is 1. The molecule has 0 spiro atoms. The Morgan fingerprint density at radius 1 is 0.967 bits per heavy atom. The van der Waals surface area contributed by atoms with Gasteiger partial charge in [0.2, 0.25) is 0 Å². The SMILES string of the molecule is CCCC1(CCC)C=C(c2ccc(C(=O)N(CC)CC)cc2)c2c(F)cccc2O1. The molecule has 0 fully saturated rings. The monoisotopic (exact) mass is 409 g/mol. The second-order valence-electron chi connectivity index (χ2n) is 7.89. The van der Waals surface area contributed by atoms with E-state index in [9.17, 15) is 9.18 Å². The molecule has 1 aliphatic heterocycles. The minimum absolute atomic E-state index is 0.0189. The lowest BCUT2D eigenvalue weighted by Crippen LogP contribution is -2.36. The minimum atomic E-state index is -0.435. The van der Waals surface area contributed by atoms with Crippen molar-refractivity contribution < 1.29 is 13.9 Å². The fourth-order valence-electron chi connectivity index (χ4n) is 4.37. The van der Waals surface area contributed by atoms with Gasteiger partial charge in [0.1, 0.15) is 17.2 Å². The quantitative estimate of drug-likeness (QED) is 0.500. The van der Waals surface area contributed by atoms with Gasteiger partial charge in [0, 0.05) is 18.7 Å². The predicted molar refractivity (Wildman–Crippen MR) is 120 cm³/mol.